The van der Waals surface area contributed by atoms with Gasteiger partial charge in [0.2, 0.25) is 5.91 Å². The van der Waals surface area contributed by atoms with Crippen LogP contribution in [0.2, 0.25) is 0 Å². The normalized spacial score (nSPS) is 12.9. The lowest BCUT2D eigenvalue weighted by Gasteiger charge is -2.15. The number of carboxylic acids is 1. The van der Waals surface area contributed by atoms with E-state index in [1.54, 1.807) is 0 Å². The van der Waals surface area contributed by atoms with Crippen LogP contribution in [0, 0.1) is 0 Å². The topological polar surface area (TPSA) is 92.7 Å². The number of hydrogen-bond acceptors (Lipinski definition) is 4. The standard InChI is InChI=1S/C48H79NO5/c1-3-5-7-9-11-13-14-15-16-17-18-19-20-21-22-23-24-25-26-27-29-35-39-43-48(53)54-45(40-36-32-28-12-10-8-6-4-2)41-37-33-30-31-34-38-42-46(50)49-44-47(51)52/h5,7,11,13,15-16,18-19,21-22,24-25,36,40,45H,3-4,6,8-10,12,14,17,20,23,26-35,37-39,41-44H2,1-2H3,(H,49,50)(H,51,52)/b7-5-,13-11-,16-15-,19-18-,22-21-,25-24-,40-36-. The molecule has 0 aromatic rings. The van der Waals surface area contributed by atoms with Gasteiger partial charge in [-0.2, -0.15) is 0 Å². The van der Waals surface area contributed by atoms with Gasteiger partial charge < -0.3 is 15.2 Å². The fourth-order valence-electron chi connectivity index (χ4n) is 5.84. The quantitative estimate of drug-likeness (QED) is 0.0372. The third-order valence-electron chi connectivity index (χ3n) is 9.04. The highest BCUT2D eigenvalue weighted by atomic mass is 16.5. The van der Waals surface area contributed by atoms with Crippen molar-refractivity contribution in [2.75, 3.05) is 6.54 Å². The number of unbranched alkanes of at least 4 members (excludes halogenated alkanes) is 15. The number of hydrogen-bond donors (Lipinski definition) is 2. The summed E-state index contributed by atoms with van der Waals surface area (Å²) < 4.78 is 5.93. The van der Waals surface area contributed by atoms with Crippen molar-refractivity contribution in [3.63, 3.8) is 0 Å². The minimum absolute atomic E-state index is 0.0812. The molecule has 0 saturated carbocycles. The fourth-order valence-corrected chi connectivity index (χ4v) is 5.84. The van der Waals surface area contributed by atoms with Crippen LogP contribution in [0.25, 0.3) is 0 Å². The van der Waals surface area contributed by atoms with Crippen molar-refractivity contribution in [2.45, 2.75) is 193 Å². The Kier molecular flexibility index (Phi) is 39.7. The zero-order valence-corrected chi connectivity index (χ0v) is 34.5. The van der Waals surface area contributed by atoms with E-state index in [0.29, 0.717) is 12.8 Å². The lowest BCUT2D eigenvalue weighted by Crippen LogP contribution is -2.28. The molecule has 0 aliphatic heterocycles. The molecule has 0 spiro atoms. The first kappa shape index (κ1) is 50.6. The first-order valence-electron chi connectivity index (χ1n) is 21.7. The van der Waals surface area contributed by atoms with Gasteiger partial charge in [0.1, 0.15) is 12.6 Å². The van der Waals surface area contributed by atoms with Crippen LogP contribution in [0.4, 0.5) is 0 Å². The molecule has 1 atom stereocenters. The molecule has 0 radical (unpaired) electrons. The van der Waals surface area contributed by atoms with Gasteiger partial charge in [0.15, 0.2) is 0 Å². The van der Waals surface area contributed by atoms with Crippen LogP contribution in [0.5, 0.6) is 0 Å². The maximum absolute atomic E-state index is 12.7. The first-order valence-corrected chi connectivity index (χ1v) is 21.7. The lowest BCUT2D eigenvalue weighted by atomic mass is 10.0. The highest BCUT2D eigenvalue weighted by molar-refractivity contribution is 5.80. The van der Waals surface area contributed by atoms with E-state index in [4.69, 9.17) is 9.84 Å². The van der Waals surface area contributed by atoms with E-state index in [0.717, 1.165) is 122 Å². The maximum atomic E-state index is 12.7. The Morgan fingerprint density at radius 1 is 0.519 bits per heavy atom. The Labute approximate surface area is 331 Å². The number of aliphatic carboxylic acids is 1. The van der Waals surface area contributed by atoms with Crippen LogP contribution in [-0.2, 0) is 19.1 Å². The van der Waals surface area contributed by atoms with Crippen LogP contribution >= 0.6 is 0 Å². The number of allylic oxidation sites excluding steroid dienone is 13. The predicted molar refractivity (Wildman–Crippen MR) is 231 cm³/mol. The van der Waals surface area contributed by atoms with E-state index in [9.17, 15) is 14.4 Å². The summed E-state index contributed by atoms with van der Waals surface area (Å²) in [6.45, 7) is 4.09. The Morgan fingerprint density at radius 3 is 1.50 bits per heavy atom. The summed E-state index contributed by atoms with van der Waals surface area (Å²) >= 11 is 0. The van der Waals surface area contributed by atoms with Crippen molar-refractivity contribution in [3.8, 4) is 0 Å². The summed E-state index contributed by atoms with van der Waals surface area (Å²) in [5.74, 6) is -1.30. The highest BCUT2D eigenvalue weighted by Crippen LogP contribution is 2.15. The molecule has 54 heavy (non-hydrogen) atoms. The van der Waals surface area contributed by atoms with Crippen LogP contribution in [0.1, 0.15) is 187 Å². The highest BCUT2D eigenvalue weighted by Gasteiger charge is 2.11. The average Bonchev–Trinajstić information content (AvgIpc) is 3.16. The largest absolute Gasteiger partial charge is 0.480 e. The second-order valence-corrected chi connectivity index (χ2v) is 14.2. The van der Waals surface area contributed by atoms with Crippen LogP contribution in [0.3, 0.4) is 0 Å². The zero-order valence-electron chi connectivity index (χ0n) is 34.5. The van der Waals surface area contributed by atoms with E-state index in [2.05, 4.69) is 104 Å². The Bertz CT molecular complexity index is 1100. The van der Waals surface area contributed by atoms with E-state index in [1.165, 1.54) is 38.5 Å². The smallest absolute Gasteiger partial charge is 0.322 e. The molecule has 0 aromatic carbocycles. The predicted octanol–water partition coefficient (Wildman–Crippen LogP) is 13.6. The fraction of sp³-hybridized carbons (Fsp3) is 0.646. The Balaban J connectivity index is 4.14. The number of carbonyl (C=O) groups excluding carboxylic acids is 2. The molecule has 1 unspecified atom stereocenters. The third kappa shape index (κ3) is 41.3. The van der Waals surface area contributed by atoms with Gasteiger partial charge in [-0.25, -0.2) is 0 Å². The van der Waals surface area contributed by atoms with E-state index in [1.807, 2.05) is 0 Å². The van der Waals surface area contributed by atoms with E-state index >= 15 is 0 Å². The molecule has 0 saturated heterocycles. The molecule has 6 heteroatoms. The summed E-state index contributed by atoms with van der Waals surface area (Å²) in [5.41, 5.74) is 0. The van der Waals surface area contributed by atoms with Crippen LogP contribution < -0.4 is 5.32 Å². The summed E-state index contributed by atoms with van der Waals surface area (Å²) in [6, 6.07) is 0. The van der Waals surface area contributed by atoms with E-state index in [-0.39, 0.29) is 24.5 Å². The van der Waals surface area contributed by atoms with Gasteiger partial charge in [-0.1, -0.05) is 163 Å². The van der Waals surface area contributed by atoms with Crippen molar-refractivity contribution < 1.29 is 24.2 Å². The van der Waals surface area contributed by atoms with Crippen LogP contribution in [-0.4, -0.2) is 35.6 Å². The number of amides is 1. The summed E-state index contributed by atoms with van der Waals surface area (Å²) in [5, 5.41) is 11.1. The molecule has 6 nitrogen and oxygen atoms in total. The summed E-state index contributed by atoms with van der Waals surface area (Å²) in [7, 11) is 0. The van der Waals surface area contributed by atoms with Crippen molar-refractivity contribution >= 4 is 17.8 Å². The monoisotopic (exact) mass is 750 g/mol. The van der Waals surface area contributed by atoms with Crippen LogP contribution in [0.15, 0.2) is 85.1 Å². The number of esters is 1. The second kappa shape index (κ2) is 42.3. The Morgan fingerprint density at radius 2 is 0.963 bits per heavy atom. The minimum atomic E-state index is -1.02. The molecule has 0 fully saturated rings. The molecule has 0 aliphatic carbocycles. The van der Waals surface area contributed by atoms with Crippen molar-refractivity contribution in [1.82, 2.24) is 5.32 Å². The van der Waals surface area contributed by atoms with Gasteiger partial charge in [0.25, 0.3) is 0 Å². The van der Waals surface area contributed by atoms with Crippen molar-refractivity contribution in [2.24, 2.45) is 0 Å². The molecular weight excluding hydrogens is 671 g/mol. The number of ether oxygens (including phenoxy) is 1. The molecule has 0 bridgehead atoms. The number of rotatable bonds is 38. The number of nitrogens with one attached hydrogen (secondary N) is 1. The minimum Gasteiger partial charge on any atom is -0.480 e. The SMILES string of the molecule is CC/C=C\C/C=C\C/C=C\C/C=C\C/C=C\C/C=C\CCCCCCC(=O)OC(/C=C\CCCCCCCC)CCCCCCCCC(=O)NCC(=O)O. The lowest BCUT2D eigenvalue weighted by molar-refractivity contribution is -0.147. The molecule has 0 rings (SSSR count). The molecule has 0 heterocycles. The Hall–Kier alpha value is -3.41. The summed E-state index contributed by atoms with van der Waals surface area (Å²) in [4.78, 5) is 34.9. The first-order chi connectivity index (χ1) is 26.5. The van der Waals surface area contributed by atoms with Gasteiger partial charge in [-0.3, -0.25) is 14.4 Å². The summed E-state index contributed by atoms with van der Waals surface area (Å²) in [6.07, 6.45) is 58.7. The molecule has 0 aromatic heterocycles. The molecule has 1 amide bonds. The number of carboxylic acid groups (broad SMARTS) is 1. The maximum Gasteiger partial charge on any atom is 0.322 e. The third-order valence-corrected chi connectivity index (χ3v) is 9.04. The molecular formula is C48H79NO5. The van der Waals surface area contributed by atoms with Gasteiger partial charge in [0, 0.05) is 12.8 Å². The molecule has 2 N–H and O–H groups in total. The van der Waals surface area contributed by atoms with Gasteiger partial charge in [0.05, 0.1) is 0 Å². The van der Waals surface area contributed by atoms with Crippen molar-refractivity contribution in [1.29, 1.82) is 0 Å². The van der Waals surface area contributed by atoms with Gasteiger partial charge >= 0.3 is 11.9 Å². The zero-order chi connectivity index (χ0) is 39.4. The van der Waals surface area contributed by atoms with Gasteiger partial charge in [-0.15, -0.1) is 0 Å². The average molecular weight is 750 g/mol. The molecule has 0 aliphatic rings. The molecule has 306 valence electrons. The van der Waals surface area contributed by atoms with E-state index < -0.39 is 5.97 Å². The second-order valence-electron chi connectivity index (χ2n) is 14.2. The van der Waals surface area contributed by atoms with Gasteiger partial charge in [-0.05, 0) is 96.0 Å². The number of carbonyl (C=O) groups is 3. The van der Waals surface area contributed by atoms with Crippen molar-refractivity contribution in [3.05, 3.63) is 85.1 Å².